The van der Waals surface area contributed by atoms with E-state index in [2.05, 4.69) is 5.32 Å². The lowest BCUT2D eigenvalue weighted by molar-refractivity contribution is -0.140. The van der Waals surface area contributed by atoms with Crippen LogP contribution in [0.3, 0.4) is 0 Å². The van der Waals surface area contributed by atoms with Crippen molar-refractivity contribution in [3.8, 4) is 0 Å². The first-order valence-corrected chi connectivity index (χ1v) is 9.46. The summed E-state index contributed by atoms with van der Waals surface area (Å²) in [4.78, 5) is 26.6. The third-order valence-corrected chi connectivity index (χ3v) is 4.76. The van der Waals surface area contributed by atoms with Crippen LogP contribution in [0.15, 0.2) is 42.5 Å². The van der Waals surface area contributed by atoms with Gasteiger partial charge in [-0.25, -0.2) is 8.78 Å². The third kappa shape index (κ3) is 5.52. The molecule has 28 heavy (non-hydrogen) atoms. The van der Waals surface area contributed by atoms with E-state index in [4.69, 9.17) is 11.6 Å². The third-order valence-electron chi connectivity index (χ3n) is 4.40. The Kier molecular flexibility index (Phi) is 7.93. The van der Waals surface area contributed by atoms with Crippen molar-refractivity contribution in [2.75, 3.05) is 6.54 Å². The summed E-state index contributed by atoms with van der Waals surface area (Å²) in [5.41, 5.74) is 0.319. The van der Waals surface area contributed by atoms with Crippen LogP contribution in [0.5, 0.6) is 0 Å². The SMILES string of the molecule is CCCNC(=O)[C@@H](C)N(Cc1ccccc1F)C(=O)Cc1c(F)cccc1Cl. The Balaban J connectivity index is 2.29. The molecule has 4 nitrogen and oxygen atoms in total. The fourth-order valence-corrected chi connectivity index (χ4v) is 2.97. The quantitative estimate of drug-likeness (QED) is 0.714. The number of carbonyl (C=O) groups excluding carboxylic acids is 2. The number of halogens is 3. The molecule has 0 saturated heterocycles. The predicted octanol–water partition coefficient (Wildman–Crippen LogP) is 4.10. The van der Waals surface area contributed by atoms with Crippen molar-refractivity contribution in [1.82, 2.24) is 10.2 Å². The van der Waals surface area contributed by atoms with Crippen molar-refractivity contribution in [1.29, 1.82) is 0 Å². The Labute approximate surface area is 168 Å². The highest BCUT2D eigenvalue weighted by Gasteiger charge is 2.27. The minimum atomic E-state index is -0.857. The van der Waals surface area contributed by atoms with Gasteiger partial charge in [-0.05, 0) is 31.5 Å². The van der Waals surface area contributed by atoms with Gasteiger partial charge in [0.15, 0.2) is 0 Å². The molecule has 0 aliphatic heterocycles. The van der Waals surface area contributed by atoms with Crippen molar-refractivity contribution in [2.45, 2.75) is 39.3 Å². The second-order valence-electron chi connectivity index (χ2n) is 6.46. The molecule has 0 aromatic heterocycles. The van der Waals surface area contributed by atoms with E-state index >= 15 is 0 Å². The molecule has 1 atom stereocenters. The van der Waals surface area contributed by atoms with Crippen molar-refractivity contribution < 1.29 is 18.4 Å². The average molecular weight is 409 g/mol. The fraction of sp³-hybridized carbons (Fsp3) is 0.333. The zero-order chi connectivity index (χ0) is 20.7. The maximum atomic E-state index is 14.1. The van der Waals surface area contributed by atoms with Crippen LogP contribution in [0.4, 0.5) is 8.78 Å². The molecule has 2 aromatic rings. The van der Waals surface area contributed by atoms with E-state index in [0.29, 0.717) is 6.54 Å². The Hall–Kier alpha value is -2.47. The van der Waals surface area contributed by atoms with Crippen LogP contribution in [0.25, 0.3) is 0 Å². The smallest absolute Gasteiger partial charge is 0.242 e. The summed E-state index contributed by atoms with van der Waals surface area (Å²) in [5.74, 6) is -1.96. The summed E-state index contributed by atoms with van der Waals surface area (Å²) < 4.78 is 28.2. The van der Waals surface area contributed by atoms with E-state index in [1.54, 1.807) is 25.1 Å². The van der Waals surface area contributed by atoms with Crippen molar-refractivity contribution in [2.24, 2.45) is 0 Å². The summed E-state index contributed by atoms with van der Waals surface area (Å²) in [6, 6.07) is 9.32. The zero-order valence-electron chi connectivity index (χ0n) is 15.8. The number of nitrogens with one attached hydrogen (secondary N) is 1. The highest BCUT2D eigenvalue weighted by atomic mass is 35.5. The van der Waals surface area contributed by atoms with Gasteiger partial charge in [-0.1, -0.05) is 42.8 Å². The Morgan fingerprint density at radius 1 is 1.11 bits per heavy atom. The number of carbonyl (C=O) groups is 2. The molecular weight excluding hydrogens is 386 g/mol. The molecule has 0 bridgehead atoms. The van der Waals surface area contributed by atoms with Gasteiger partial charge in [-0.3, -0.25) is 9.59 Å². The van der Waals surface area contributed by atoms with E-state index < -0.39 is 23.6 Å². The fourth-order valence-electron chi connectivity index (χ4n) is 2.74. The number of amides is 2. The van der Waals surface area contributed by atoms with Crippen LogP contribution in [0.1, 0.15) is 31.4 Å². The van der Waals surface area contributed by atoms with Crippen LogP contribution in [-0.2, 0) is 22.6 Å². The topological polar surface area (TPSA) is 49.4 Å². The number of hydrogen-bond donors (Lipinski definition) is 1. The molecule has 0 fully saturated rings. The second kappa shape index (κ2) is 10.2. The molecule has 0 aliphatic rings. The minimum absolute atomic E-state index is 0.0499. The highest BCUT2D eigenvalue weighted by Crippen LogP contribution is 2.22. The van der Waals surface area contributed by atoms with E-state index in [9.17, 15) is 18.4 Å². The normalized spacial score (nSPS) is 11.8. The lowest BCUT2D eigenvalue weighted by Gasteiger charge is -2.29. The van der Waals surface area contributed by atoms with Gasteiger partial charge in [0.05, 0.1) is 6.42 Å². The molecule has 0 heterocycles. The van der Waals surface area contributed by atoms with Gasteiger partial charge in [-0.2, -0.15) is 0 Å². The number of hydrogen-bond acceptors (Lipinski definition) is 2. The standard InChI is InChI=1S/C21H23ClF2N2O2/c1-3-11-25-21(28)14(2)26(13-15-7-4-5-9-18(15)23)20(27)12-16-17(22)8-6-10-19(16)24/h4-10,14H,3,11-13H2,1-2H3,(H,25,28)/t14-/m1/s1. The largest absolute Gasteiger partial charge is 0.354 e. The first kappa shape index (κ1) is 21.8. The second-order valence-corrected chi connectivity index (χ2v) is 6.86. The molecule has 150 valence electrons. The van der Waals surface area contributed by atoms with Crippen LogP contribution in [0.2, 0.25) is 5.02 Å². The van der Waals surface area contributed by atoms with Gasteiger partial charge in [0.1, 0.15) is 17.7 Å². The lowest BCUT2D eigenvalue weighted by atomic mass is 10.1. The van der Waals surface area contributed by atoms with Gasteiger partial charge in [0.2, 0.25) is 11.8 Å². The molecule has 0 saturated carbocycles. The van der Waals surface area contributed by atoms with E-state index in [0.717, 1.165) is 6.42 Å². The summed E-state index contributed by atoms with van der Waals surface area (Å²) >= 11 is 6.02. The van der Waals surface area contributed by atoms with Crippen molar-refractivity contribution >= 4 is 23.4 Å². The van der Waals surface area contributed by atoms with Gasteiger partial charge in [-0.15, -0.1) is 0 Å². The molecule has 1 N–H and O–H groups in total. The van der Waals surface area contributed by atoms with Crippen LogP contribution < -0.4 is 5.32 Å². The predicted molar refractivity (Wildman–Crippen MR) is 105 cm³/mol. The Morgan fingerprint density at radius 3 is 2.43 bits per heavy atom. The maximum absolute atomic E-state index is 14.1. The molecule has 0 radical (unpaired) electrons. The summed E-state index contributed by atoms with van der Waals surface area (Å²) in [6.45, 7) is 3.82. The van der Waals surface area contributed by atoms with E-state index in [1.165, 1.54) is 29.2 Å². The Bertz CT molecular complexity index is 825. The molecule has 7 heteroatoms. The zero-order valence-corrected chi connectivity index (χ0v) is 16.6. The summed E-state index contributed by atoms with van der Waals surface area (Å²) in [5, 5.41) is 2.85. The van der Waals surface area contributed by atoms with Gasteiger partial charge in [0.25, 0.3) is 0 Å². The van der Waals surface area contributed by atoms with Gasteiger partial charge < -0.3 is 10.2 Å². The van der Waals surface area contributed by atoms with E-state index in [-0.39, 0.29) is 35.0 Å². The highest BCUT2D eigenvalue weighted by molar-refractivity contribution is 6.31. The lowest BCUT2D eigenvalue weighted by Crippen LogP contribution is -2.48. The van der Waals surface area contributed by atoms with Crippen molar-refractivity contribution in [3.63, 3.8) is 0 Å². The summed E-state index contributed by atoms with van der Waals surface area (Å²) in [7, 11) is 0. The van der Waals surface area contributed by atoms with Crippen molar-refractivity contribution in [3.05, 3.63) is 70.2 Å². The summed E-state index contributed by atoms with van der Waals surface area (Å²) in [6.07, 6.45) is 0.413. The molecule has 2 aromatic carbocycles. The molecule has 0 spiro atoms. The monoisotopic (exact) mass is 408 g/mol. The van der Waals surface area contributed by atoms with Gasteiger partial charge >= 0.3 is 0 Å². The molecule has 0 aliphatic carbocycles. The molecule has 2 amide bonds. The first-order valence-electron chi connectivity index (χ1n) is 9.08. The number of benzene rings is 2. The Morgan fingerprint density at radius 2 is 1.79 bits per heavy atom. The van der Waals surface area contributed by atoms with Crippen LogP contribution in [0, 0.1) is 11.6 Å². The number of nitrogens with zero attached hydrogens (tertiary/aromatic N) is 1. The van der Waals surface area contributed by atoms with Gasteiger partial charge in [0, 0.05) is 29.2 Å². The number of rotatable bonds is 8. The van der Waals surface area contributed by atoms with E-state index in [1.807, 2.05) is 6.92 Å². The minimum Gasteiger partial charge on any atom is -0.354 e. The maximum Gasteiger partial charge on any atom is 0.242 e. The molecule has 0 unspecified atom stereocenters. The van der Waals surface area contributed by atoms with Crippen LogP contribution in [-0.4, -0.2) is 29.3 Å². The first-order chi connectivity index (χ1) is 13.3. The average Bonchev–Trinajstić information content (AvgIpc) is 2.67. The molecule has 2 rings (SSSR count). The molecular formula is C21H23ClF2N2O2. The van der Waals surface area contributed by atoms with Crippen LogP contribution >= 0.6 is 11.6 Å².